The summed E-state index contributed by atoms with van der Waals surface area (Å²) in [7, 11) is 0. The fourth-order valence-electron chi connectivity index (χ4n) is 2.98. The van der Waals surface area contributed by atoms with Gasteiger partial charge in [0.2, 0.25) is 0 Å². The van der Waals surface area contributed by atoms with Crippen molar-refractivity contribution in [2.45, 2.75) is 65.8 Å². The fraction of sp³-hybridized carbons (Fsp3) is 0.579. The summed E-state index contributed by atoms with van der Waals surface area (Å²) < 4.78 is 6.32. The first kappa shape index (κ1) is 16.1. The predicted octanol–water partition coefficient (Wildman–Crippen LogP) is 5.35. The van der Waals surface area contributed by atoms with Crippen molar-refractivity contribution < 1.29 is 4.42 Å². The van der Waals surface area contributed by atoms with Crippen LogP contribution in [0.1, 0.15) is 70.8 Å². The average molecular weight is 287 g/mol. The molecule has 1 aromatic heterocycles. The molecule has 0 bridgehead atoms. The van der Waals surface area contributed by atoms with E-state index in [2.05, 4.69) is 65.1 Å². The molecular formula is C19H29NO. The first-order valence-electron chi connectivity index (χ1n) is 8.15. The number of fused-ring (bicyclic) bond motifs is 1. The Morgan fingerprint density at radius 3 is 2.48 bits per heavy atom. The fourth-order valence-corrected chi connectivity index (χ4v) is 2.98. The number of benzene rings is 1. The molecule has 2 heteroatoms. The highest BCUT2D eigenvalue weighted by atomic mass is 16.3. The van der Waals surface area contributed by atoms with E-state index in [4.69, 9.17) is 4.42 Å². The van der Waals surface area contributed by atoms with Gasteiger partial charge in [-0.05, 0) is 29.9 Å². The molecule has 2 aromatic rings. The van der Waals surface area contributed by atoms with Gasteiger partial charge < -0.3 is 9.73 Å². The molecule has 0 aliphatic carbocycles. The summed E-state index contributed by atoms with van der Waals surface area (Å²) in [5.74, 6) is 1.62. The molecule has 2 rings (SSSR count). The molecule has 1 atom stereocenters. The first-order chi connectivity index (χ1) is 9.90. The highest BCUT2D eigenvalue weighted by molar-refractivity contribution is 5.86. The number of para-hydroxylation sites is 1. The zero-order chi connectivity index (χ0) is 15.6. The molecule has 0 aliphatic heterocycles. The molecule has 0 amide bonds. The highest BCUT2D eigenvalue weighted by Crippen LogP contribution is 2.39. The van der Waals surface area contributed by atoms with E-state index < -0.39 is 0 Å². The van der Waals surface area contributed by atoms with E-state index in [0.717, 1.165) is 30.9 Å². The van der Waals surface area contributed by atoms with Crippen LogP contribution in [0.25, 0.3) is 11.0 Å². The van der Waals surface area contributed by atoms with Gasteiger partial charge in [-0.2, -0.15) is 0 Å². The molecule has 0 fully saturated rings. The molecule has 0 aliphatic rings. The Kier molecular flexibility index (Phi) is 4.77. The summed E-state index contributed by atoms with van der Waals surface area (Å²) in [4.78, 5) is 0. The molecule has 1 heterocycles. The maximum Gasteiger partial charge on any atom is 0.138 e. The van der Waals surface area contributed by atoms with E-state index in [1.807, 2.05) is 0 Å². The normalized spacial score (nSPS) is 13.8. The van der Waals surface area contributed by atoms with Gasteiger partial charge in [0.1, 0.15) is 11.3 Å². The Morgan fingerprint density at radius 2 is 1.90 bits per heavy atom. The van der Waals surface area contributed by atoms with Crippen LogP contribution < -0.4 is 5.32 Å². The Labute approximate surface area is 128 Å². The second-order valence-corrected chi connectivity index (χ2v) is 6.96. The summed E-state index contributed by atoms with van der Waals surface area (Å²) in [6.45, 7) is 15.2. The molecule has 21 heavy (non-hydrogen) atoms. The molecule has 0 radical (unpaired) electrons. The average Bonchev–Trinajstić information content (AvgIpc) is 2.82. The van der Waals surface area contributed by atoms with E-state index in [-0.39, 0.29) is 5.41 Å². The van der Waals surface area contributed by atoms with Gasteiger partial charge in [0.25, 0.3) is 0 Å². The second kappa shape index (κ2) is 6.23. The van der Waals surface area contributed by atoms with E-state index in [1.165, 1.54) is 16.5 Å². The zero-order valence-electron chi connectivity index (χ0n) is 14.3. The molecule has 0 spiro atoms. The molecule has 1 aromatic carbocycles. The van der Waals surface area contributed by atoms with Crippen LogP contribution in [-0.2, 0) is 12.0 Å². The Morgan fingerprint density at radius 1 is 1.19 bits per heavy atom. The van der Waals surface area contributed by atoms with Crippen LogP contribution in [-0.4, -0.2) is 6.54 Å². The van der Waals surface area contributed by atoms with E-state index >= 15 is 0 Å². The van der Waals surface area contributed by atoms with Crippen LogP contribution in [0.5, 0.6) is 0 Å². The van der Waals surface area contributed by atoms with E-state index in [9.17, 15) is 0 Å². The quantitative estimate of drug-likeness (QED) is 0.801. The van der Waals surface area contributed by atoms with Crippen molar-refractivity contribution in [3.05, 3.63) is 35.1 Å². The minimum absolute atomic E-state index is 0.0874. The monoisotopic (exact) mass is 287 g/mol. The maximum atomic E-state index is 6.32. The van der Waals surface area contributed by atoms with Crippen molar-refractivity contribution in [2.24, 2.45) is 0 Å². The second-order valence-electron chi connectivity index (χ2n) is 6.96. The lowest BCUT2D eigenvalue weighted by atomic mass is 9.84. The van der Waals surface area contributed by atoms with Crippen LogP contribution in [0, 0.1) is 0 Å². The van der Waals surface area contributed by atoms with E-state index in [1.54, 1.807) is 0 Å². The lowest BCUT2D eigenvalue weighted by Crippen LogP contribution is -2.18. The van der Waals surface area contributed by atoms with Crippen molar-refractivity contribution in [3.8, 4) is 0 Å². The van der Waals surface area contributed by atoms with Gasteiger partial charge in [0.05, 0.1) is 6.54 Å². The Balaban J connectivity index is 2.67. The lowest BCUT2D eigenvalue weighted by molar-refractivity contribution is 0.484. The van der Waals surface area contributed by atoms with Gasteiger partial charge in [-0.3, -0.25) is 0 Å². The SMILES string of the molecule is CCNCc1oc2c(C(C)CC)cccc2c1C(C)(C)C. The highest BCUT2D eigenvalue weighted by Gasteiger charge is 2.26. The minimum atomic E-state index is 0.0874. The van der Waals surface area contributed by atoms with Gasteiger partial charge in [0, 0.05) is 10.9 Å². The summed E-state index contributed by atoms with van der Waals surface area (Å²) in [6, 6.07) is 6.59. The van der Waals surface area contributed by atoms with Crippen molar-refractivity contribution >= 4 is 11.0 Å². The predicted molar refractivity (Wildman–Crippen MR) is 91.0 cm³/mol. The smallest absolute Gasteiger partial charge is 0.138 e. The number of rotatable bonds is 5. The number of furan rings is 1. The Bertz CT molecular complexity index is 604. The van der Waals surface area contributed by atoms with E-state index in [0.29, 0.717) is 5.92 Å². The number of hydrogen-bond acceptors (Lipinski definition) is 2. The molecule has 2 nitrogen and oxygen atoms in total. The van der Waals surface area contributed by atoms with Crippen LogP contribution in [0.3, 0.4) is 0 Å². The third-order valence-electron chi connectivity index (χ3n) is 4.25. The van der Waals surface area contributed by atoms with Crippen molar-refractivity contribution in [1.82, 2.24) is 5.32 Å². The summed E-state index contributed by atoms with van der Waals surface area (Å²) >= 11 is 0. The van der Waals surface area contributed by atoms with Crippen LogP contribution in [0.4, 0.5) is 0 Å². The van der Waals surface area contributed by atoms with Gasteiger partial charge in [0.15, 0.2) is 0 Å². The summed E-state index contributed by atoms with van der Waals surface area (Å²) in [5, 5.41) is 4.69. The Hall–Kier alpha value is -1.28. The molecule has 1 N–H and O–H groups in total. The first-order valence-corrected chi connectivity index (χ1v) is 8.15. The van der Waals surface area contributed by atoms with Crippen molar-refractivity contribution in [1.29, 1.82) is 0 Å². The van der Waals surface area contributed by atoms with Gasteiger partial charge >= 0.3 is 0 Å². The van der Waals surface area contributed by atoms with Gasteiger partial charge in [-0.25, -0.2) is 0 Å². The lowest BCUT2D eigenvalue weighted by Gasteiger charge is -2.19. The maximum absolute atomic E-state index is 6.32. The van der Waals surface area contributed by atoms with Gasteiger partial charge in [-0.15, -0.1) is 0 Å². The van der Waals surface area contributed by atoms with Crippen LogP contribution in [0.15, 0.2) is 22.6 Å². The minimum Gasteiger partial charge on any atom is -0.459 e. The molecular weight excluding hydrogens is 258 g/mol. The summed E-state index contributed by atoms with van der Waals surface area (Å²) in [5.41, 5.74) is 3.86. The topological polar surface area (TPSA) is 25.2 Å². The zero-order valence-corrected chi connectivity index (χ0v) is 14.3. The van der Waals surface area contributed by atoms with Gasteiger partial charge in [-0.1, -0.05) is 59.7 Å². The molecule has 1 unspecified atom stereocenters. The molecule has 116 valence electrons. The largest absolute Gasteiger partial charge is 0.459 e. The third-order valence-corrected chi connectivity index (χ3v) is 4.25. The van der Waals surface area contributed by atoms with Crippen molar-refractivity contribution in [2.75, 3.05) is 6.54 Å². The molecule has 0 saturated heterocycles. The van der Waals surface area contributed by atoms with Crippen molar-refractivity contribution in [3.63, 3.8) is 0 Å². The number of hydrogen-bond donors (Lipinski definition) is 1. The third kappa shape index (κ3) is 3.16. The standard InChI is InChI=1S/C19H29NO/c1-7-13(3)14-10-9-11-15-17(19(4,5)6)16(12-20-8-2)21-18(14)15/h9-11,13,20H,7-8,12H2,1-6H3. The van der Waals surface area contributed by atoms with Crippen LogP contribution >= 0.6 is 0 Å². The summed E-state index contributed by atoms with van der Waals surface area (Å²) in [6.07, 6.45) is 1.13. The molecule has 0 saturated carbocycles. The van der Waals surface area contributed by atoms with Crippen LogP contribution in [0.2, 0.25) is 0 Å². The number of nitrogens with one attached hydrogen (secondary N) is 1.